The number of nitrogens with two attached hydrogens (primary N) is 1. The van der Waals surface area contributed by atoms with E-state index in [1.54, 1.807) is 6.07 Å². The van der Waals surface area contributed by atoms with Gasteiger partial charge < -0.3 is 20.5 Å². The number of rotatable bonds is 5. The van der Waals surface area contributed by atoms with Crippen molar-refractivity contribution >= 4 is 11.9 Å². The second-order valence-corrected chi connectivity index (χ2v) is 4.48. The molecule has 7 nitrogen and oxygen atoms in total. The minimum atomic E-state index is -0.332. The Morgan fingerprint density at radius 3 is 2.40 bits per heavy atom. The lowest BCUT2D eigenvalue weighted by atomic mass is 9.88. The van der Waals surface area contributed by atoms with Gasteiger partial charge in [-0.05, 0) is 12.8 Å². The number of hydrogen-bond donors (Lipinski definition) is 2. The van der Waals surface area contributed by atoms with Gasteiger partial charge in [-0.1, -0.05) is 12.2 Å². The van der Waals surface area contributed by atoms with Gasteiger partial charge >= 0.3 is 0 Å². The second kappa shape index (κ2) is 6.23. The number of carbonyl (C=O) groups excluding carboxylic acids is 1. The smallest absolute Gasteiger partial charge is 0.229 e. The molecule has 1 aromatic heterocycles. The average Bonchev–Trinajstić information content (AvgIpc) is 2.47. The summed E-state index contributed by atoms with van der Waals surface area (Å²) in [5, 5.41) is 3.13. The average molecular weight is 278 g/mol. The van der Waals surface area contributed by atoms with E-state index in [1.165, 1.54) is 14.2 Å². The zero-order valence-electron chi connectivity index (χ0n) is 11.5. The van der Waals surface area contributed by atoms with E-state index >= 15 is 0 Å². The van der Waals surface area contributed by atoms with Crippen molar-refractivity contribution in [2.75, 3.05) is 19.5 Å². The molecule has 0 bridgehead atoms. The van der Waals surface area contributed by atoms with E-state index < -0.39 is 0 Å². The third-order valence-electron chi connectivity index (χ3n) is 3.21. The lowest BCUT2D eigenvalue weighted by molar-refractivity contribution is -0.122. The van der Waals surface area contributed by atoms with Gasteiger partial charge in [0.2, 0.25) is 23.6 Å². The molecule has 2 rings (SSSR count). The summed E-state index contributed by atoms with van der Waals surface area (Å²) < 4.78 is 10.2. The Morgan fingerprint density at radius 2 is 1.85 bits per heavy atom. The molecule has 0 saturated heterocycles. The SMILES string of the molecule is COc1cc(OC)nc(N[C@@H]2CC=CC[C@H]2C(N)=O)n1. The fourth-order valence-corrected chi connectivity index (χ4v) is 2.13. The van der Waals surface area contributed by atoms with Crippen molar-refractivity contribution in [2.45, 2.75) is 18.9 Å². The molecule has 0 spiro atoms. The molecule has 0 radical (unpaired) electrons. The largest absolute Gasteiger partial charge is 0.481 e. The van der Waals surface area contributed by atoms with Crippen molar-refractivity contribution in [2.24, 2.45) is 11.7 Å². The molecular weight excluding hydrogens is 260 g/mol. The topological polar surface area (TPSA) is 99.4 Å². The molecule has 20 heavy (non-hydrogen) atoms. The maximum absolute atomic E-state index is 11.5. The van der Waals surface area contributed by atoms with Crippen molar-refractivity contribution < 1.29 is 14.3 Å². The Morgan fingerprint density at radius 1 is 1.25 bits per heavy atom. The molecule has 0 aromatic carbocycles. The molecule has 1 aliphatic carbocycles. The summed E-state index contributed by atoms with van der Waals surface area (Å²) >= 11 is 0. The minimum absolute atomic E-state index is 0.130. The lowest BCUT2D eigenvalue weighted by Gasteiger charge is -2.26. The molecule has 1 aliphatic rings. The van der Waals surface area contributed by atoms with Crippen LogP contribution in [-0.4, -0.2) is 36.1 Å². The van der Waals surface area contributed by atoms with Gasteiger partial charge in [0.05, 0.1) is 26.2 Å². The molecule has 0 fully saturated rings. The first-order chi connectivity index (χ1) is 9.63. The highest BCUT2D eigenvalue weighted by Gasteiger charge is 2.27. The number of primary amides is 1. The lowest BCUT2D eigenvalue weighted by Crippen LogP contribution is -2.39. The van der Waals surface area contributed by atoms with Crippen molar-refractivity contribution in [1.82, 2.24) is 9.97 Å². The predicted molar refractivity (Wildman–Crippen MR) is 73.6 cm³/mol. The van der Waals surface area contributed by atoms with E-state index in [2.05, 4.69) is 15.3 Å². The van der Waals surface area contributed by atoms with E-state index in [4.69, 9.17) is 15.2 Å². The molecule has 3 N–H and O–H groups in total. The number of nitrogens with one attached hydrogen (secondary N) is 1. The van der Waals surface area contributed by atoms with Crippen LogP contribution in [-0.2, 0) is 4.79 Å². The highest BCUT2D eigenvalue weighted by Crippen LogP contribution is 2.24. The van der Waals surface area contributed by atoms with Crippen molar-refractivity contribution in [3.05, 3.63) is 18.2 Å². The molecular formula is C13H18N4O3. The van der Waals surface area contributed by atoms with Crippen LogP contribution in [0.4, 0.5) is 5.95 Å². The number of anilines is 1. The van der Waals surface area contributed by atoms with Gasteiger partial charge in [-0.2, -0.15) is 9.97 Å². The molecule has 0 aliphatic heterocycles. The number of carbonyl (C=O) groups is 1. The molecule has 7 heteroatoms. The van der Waals surface area contributed by atoms with E-state index in [-0.39, 0.29) is 17.9 Å². The summed E-state index contributed by atoms with van der Waals surface area (Å²) in [5.74, 6) is 0.526. The number of amides is 1. The summed E-state index contributed by atoms with van der Waals surface area (Å²) in [6.07, 6.45) is 5.28. The zero-order valence-corrected chi connectivity index (χ0v) is 11.5. The van der Waals surface area contributed by atoms with E-state index in [1.807, 2.05) is 12.2 Å². The van der Waals surface area contributed by atoms with E-state index in [0.29, 0.717) is 30.5 Å². The van der Waals surface area contributed by atoms with E-state index in [0.717, 1.165) is 0 Å². The van der Waals surface area contributed by atoms with Gasteiger partial charge in [0.1, 0.15) is 0 Å². The summed E-state index contributed by atoms with van der Waals surface area (Å²) in [5.41, 5.74) is 5.42. The van der Waals surface area contributed by atoms with Crippen LogP contribution in [0.1, 0.15) is 12.8 Å². The number of aromatic nitrogens is 2. The van der Waals surface area contributed by atoms with Crippen LogP contribution < -0.4 is 20.5 Å². The highest BCUT2D eigenvalue weighted by atomic mass is 16.5. The Balaban J connectivity index is 2.19. The van der Waals surface area contributed by atoms with Gasteiger partial charge in [-0.25, -0.2) is 0 Å². The third-order valence-corrected chi connectivity index (χ3v) is 3.21. The monoisotopic (exact) mass is 278 g/mol. The van der Waals surface area contributed by atoms with Crippen LogP contribution in [0, 0.1) is 5.92 Å². The fraction of sp³-hybridized carbons (Fsp3) is 0.462. The van der Waals surface area contributed by atoms with E-state index in [9.17, 15) is 4.79 Å². The summed E-state index contributed by atoms with van der Waals surface area (Å²) in [4.78, 5) is 19.8. The summed E-state index contributed by atoms with van der Waals surface area (Å²) in [6.45, 7) is 0. The van der Waals surface area contributed by atoms with Crippen LogP contribution in [0.15, 0.2) is 18.2 Å². The first-order valence-electron chi connectivity index (χ1n) is 6.32. The highest BCUT2D eigenvalue weighted by molar-refractivity contribution is 5.78. The second-order valence-electron chi connectivity index (χ2n) is 4.48. The summed E-state index contributed by atoms with van der Waals surface area (Å²) in [7, 11) is 3.03. The molecule has 0 unspecified atom stereocenters. The van der Waals surface area contributed by atoms with Crippen LogP contribution in [0.2, 0.25) is 0 Å². The molecule has 2 atom stereocenters. The van der Waals surface area contributed by atoms with Crippen LogP contribution in [0.5, 0.6) is 11.8 Å². The Kier molecular flexibility index (Phi) is 4.39. The molecule has 0 saturated carbocycles. The standard InChI is InChI=1S/C13H18N4O3/c1-19-10-7-11(20-2)17-13(16-10)15-9-6-4-3-5-8(9)12(14)18/h3-4,7-9H,5-6H2,1-2H3,(H2,14,18)(H,15,16,17)/t8-,9-/m1/s1. The van der Waals surface area contributed by atoms with Crippen LogP contribution >= 0.6 is 0 Å². The predicted octanol–water partition coefficient (Wildman–Crippen LogP) is 0.726. The van der Waals surface area contributed by atoms with Crippen LogP contribution in [0.3, 0.4) is 0 Å². The van der Waals surface area contributed by atoms with Gasteiger partial charge in [0, 0.05) is 6.04 Å². The molecule has 1 aromatic rings. The van der Waals surface area contributed by atoms with Crippen molar-refractivity contribution in [3.63, 3.8) is 0 Å². The minimum Gasteiger partial charge on any atom is -0.481 e. The molecule has 108 valence electrons. The number of hydrogen-bond acceptors (Lipinski definition) is 6. The fourth-order valence-electron chi connectivity index (χ4n) is 2.13. The zero-order chi connectivity index (χ0) is 14.5. The molecule has 1 heterocycles. The van der Waals surface area contributed by atoms with Gasteiger partial charge in [-0.15, -0.1) is 0 Å². The molecule has 1 amide bonds. The van der Waals surface area contributed by atoms with Gasteiger partial charge in [-0.3, -0.25) is 4.79 Å². The normalized spacial score (nSPS) is 21.3. The maximum Gasteiger partial charge on any atom is 0.229 e. The van der Waals surface area contributed by atoms with Gasteiger partial charge in [0.15, 0.2) is 0 Å². The maximum atomic E-state index is 11.5. The number of allylic oxidation sites excluding steroid dienone is 1. The first kappa shape index (κ1) is 14.1. The number of nitrogens with zero attached hydrogens (tertiary/aromatic N) is 2. The number of methoxy groups -OCH3 is 2. The first-order valence-corrected chi connectivity index (χ1v) is 6.32. The van der Waals surface area contributed by atoms with Crippen molar-refractivity contribution in [3.8, 4) is 11.8 Å². The van der Waals surface area contributed by atoms with Crippen molar-refractivity contribution in [1.29, 1.82) is 0 Å². The third kappa shape index (κ3) is 3.17. The number of ether oxygens (including phenoxy) is 2. The summed E-state index contributed by atoms with van der Waals surface area (Å²) in [6, 6.07) is 1.45. The quantitative estimate of drug-likeness (QED) is 0.770. The Bertz CT molecular complexity index is 496. The van der Waals surface area contributed by atoms with Gasteiger partial charge in [0.25, 0.3) is 0 Å². The van der Waals surface area contributed by atoms with Crippen LogP contribution in [0.25, 0.3) is 0 Å². The Labute approximate surface area is 117 Å². The Hall–Kier alpha value is -2.31.